The average Bonchev–Trinajstić information content (AvgIpc) is 3.79. The molecule has 1 fully saturated rings. The number of aldehydes is 1. The van der Waals surface area contributed by atoms with Crippen LogP contribution in [0.1, 0.15) is 74.6 Å². The van der Waals surface area contributed by atoms with Crippen LogP contribution in [0.15, 0.2) is 35.7 Å². The molecule has 216 valence electrons. The van der Waals surface area contributed by atoms with Crippen molar-refractivity contribution in [3.05, 3.63) is 67.0 Å². The highest BCUT2D eigenvalue weighted by Crippen LogP contribution is 2.39. The Balaban J connectivity index is 1.03. The van der Waals surface area contributed by atoms with Crippen molar-refractivity contribution in [1.29, 1.82) is 0 Å². The Morgan fingerprint density at radius 1 is 1.20 bits per heavy atom. The van der Waals surface area contributed by atoms with Crippen molar-refractivity contribution < 1.29 is 19.4 Å². The zero-order valence-electron chi connectivity index (χ0n) is 23.5. The molecule has 0 radical (unpaired) electrons. The predicted octanol–water partition coefficient (Wildman–Crippen LogP) is 5.28. The number of rotatable bonds is 10. The van der Waals surface area contributed by atoms with Crippen LogP contribution in [0.25, 0.3) is 11.0 Å². The summed E-state index contributed by atoms with van der Waals surface area (Å²) in [6.07, 6.45) is 8.15. The molecule has 10 heteroatoms. The summed E-state index contributed by atoms with van der Waals surface area (Å²) in [5, 5.41) is 22.3. The van der Waals surface area contributed by atoms with Crippen LogP contribution >= 0.6 is 22.7 Å². The quantitative estimate of drug-likeness (QED) is 0.198. The van der Waals surface area contributed by atoms with Gasteiger partial charge in [0, 0.05) is 23.0 Å². The number of aryl methyl sites for hydroxylation is 3. The molecule has 0 amide bonds. The van der Waals surface area contributed by atoms with Gasteiger partial charge in [0.2, 0.25) is 5.60 Å². The summed E-state index contributed by atoms with van der Waals surface area (Å²) in [5.74, 6) is -0.578. The zero-order valence-corrected chi connectivity index (χ0v) is 25.2. The number of benzene rings is 1. The molecule has 0 bridgehead atoms. The highest BCUT2D eigenvalue weighted by atomic mass is 32.1. The first kappa shape index (κ1) is 28.2. The SMILES string of the molecule is Cc1ccc([C@@](O)(C(=O)OC2CCC(N(C)CCCn3nnc4cc(C=O)c5c(c43)CCC5)CC2)c2cccs2)s1. The number of carbonyl (C=O) groups is 2. The number of thiophene rings is 2. The van der Waals surface area contributed by atoms with Gasteiger partial charge >= 0.3 is 5.97 Å². The smallest absolute Gasteiger partial charge is 0.349 e. The third-order valence-electron chi connectivity index (χ3n) is 8.72. The monoisotopic (exact) mass is 592 g/mol. The number of aromatic nitrogens is 3. The van der Waals surface area contributed by atoms with Crippen LogP contribution in [-0.4, -0.2) is 63.0 Å². The van der Waals surface area contributed by atoms with Gasteiger partial charge in [-0.1, -0.05) is 11.3 Å². The van der Waals surface area contributed by atoms with Gasteiger partial charge in [-0.05, 0) is 113 Å². The van der Waals surface area contributed by atoms with Crippen molar-refractivity contribution in [3.63, 3.8) is 0 Å². The largest absolute Gasteiger partial charge is 0.460 e. The van der Waals surface area contributed by atoms with Gasteiger partial charge < -0.3 is 14.7 Å². The lowest BCUT2D eigenvalue weighted by Gasteiger charge is -2.35. The van der Waals surface area contributed by atoms with Gasteiger partial charge in [0.1, 0.15) is 17.9 Å². The minimum atomic E-state index is -1.76. The maximum atomic E-state index is 13.4. The molecule has 1 N–H and O–H groups in total. The maximum Gasteiger partial charge on any atom is 0.349 e. The van der Waals surface area contributed by atoms with Crippen LogP contribution < -0.4 is 0 Å². The molecule has 1 atom stereocenters. The van der Waals surface area contributed by atoms with Crippen molar-refractivity contribution in [2.45, 2.75) is 82.6 Å². The molecule has 2 aliphatic rings. The lowest BCUT2D eigenvalue weighted by Crippen LogP contribution is -2.42. The standard InChI is InChI=1S/C31H36N4O4S2/c1-20-9-14-28(41-20)31(38,27-8-4-17-40-27)30(37)39-23-12-10-22(11-13-23)34(2)15-5-16-35-29-25-7-3-6-24(25)21(19-36)18-26(29)32-33-35/h4,8-9,14,17-19,22-23,38H,3,5-7,10-13,15-16H2,1-2H3/t22?,23?,31-/m1/s1. The number of hydrogen-bond acceptors (Lipinski definition) is 9. The Hall–Kier alpha value is -2.92. The van der Waals surface area contributed by atoms with Gasteiger partial charge in [0.25, 0.3) is 0 Å². The third kappa shape index (κ3) is 5.38. The van der Waals surface area contributed by atoms with Gasteiger partial charge in [-0.25, -0.2) is 9.48 Å². The summed E-state index contributed by atoms with van der Waals surface area (Å²) in [5.41, 5.74) is 3.32. The second-order valence-electron chi connectivity index (χ2n) is 11.3. The second kappa shape index (κ2) is 11.8. The summed E-state index contributed by atoms with van der Waals surface area (Å²) >= 11 is 2.79. The zero-order chi connectivity index (χ0) is 28.6. The predicted molar refractivity (Wildman–Crippen MR) is 161 cm³/mol. The summed E-state index contributed by atoms with van der Waals surface area (Å²) in [7, 11) is 2.17. The highest BCUT2D eigenvalue weighted by Gasteiger charge is 2.45. The van der Waals surface area contributed by atoms with Crippen molar-refractivity contribution in [2.75, 3.05) is 13.6 Å². The van der Waals surface area contributed by atoms with E-state index in [-0.39, 0.29) is 6.10 Å². The summed E-state index contributed by atoms with van der Waals surface area (Å²) in [6.45, 7) is 3.68. The minimum absolute atomic E-state index is 0.195. The van der Waals surface area contributed by atoms with E-state index in [1.54, 1.807) is 6.07 Å². The van der Waals surface area contributed by atoms with Gasteiger partial charge in [-0.15, -0.1) is 27.8 Å². The number of esters is 1. The summed E-state index contributed by atoms with van der Waals surface area (Å²) < 4.78 is 7.98. The number of aliphatic hydroxyl groups is 1. The fourth-order valence-corrected chi connectivity index (χ4v) is 8.33. The Labute approximate surface area is 247 Å². The Kier molecular flexibility index (Phi) is 8.09. The number of fused-ring (bicyclic) bond motifs is 3. The highest BCUT2D eigenvalue weighted by molar-refractivity contribution is 7.13. The second-order valence-corrected chi connectivity index (χ2v) is 13.6. The van der Waals surface area contributed by atoms with E-state index in [4.69, 9.17) is 4.74 Å². The van der Waals surface area contributed by atoms with Crippen molar-refractivity contribution in [2.24, 2.45) is 0 Å². The molecule has 8 nitrogen and oxygen atoms in total. The van der Waals surface area contributed by atoms with Crippen LogP contribution in [0.2, 0.25) is 0 Å². The first-order valence-corrected chi connectivity index (χ1v) is 16.2. The molecule has 3 aromatic heterocycles. The minimum Gasteiger partial charge on any atom is -0.460 e. The van der Waals surface area contributed by atoms with Crippen LogP contribution in [0, 0.1) is 6.92 Å². The Morgan fingerprint density at radius 2 is 2.00 bits per heavy atom. The first-order chi connectivity index (χ1) is 19.9. The fourth-order valence-electron chi connectivity index (χ4n) is 6.48. The molecular formula is C31H36N4O4S2. The topological polar surface area (TPSA) is 97.6 Å². The molecule has 0 saturated heterocycles. The lowest BCUT2D eigenvalue weighted by atomic mass is 9.91. The van der Waals surface area contributed by atoms with E-state index in [1.165, 1.54) is 33.8 Å². The summed E-state index contributed by atoms with van der Waals surface area (Å²) in [4.78, 5) is 29.6. The summed E-state index contributed by atoms with van der Waals surface area (Å²) in [6, 6.07) is 9.70. The third-order valence-corrected chi connectivity index (χ3v) is 10.8. The van der Waals surface area contributed by atoms with E-state index in [9.17, 15) is 14.7 Å². The molecule has 1 saturated carbocycles. The lowest BCUT2D eigenvalue weighted by molar-refractivity contribution is -0.169. The molecule has 1 aromatic carbocycles. The van der Waals surface area contributed by atoms with E-state index in [0.717, 1.165) is 92.2 Å². The first-order valence-electron chi connectivity index (χ1n) is 14.5. The van der Waals surface area contributed by atoms with Gasteiger partial charge in [0.15, 0.2) is 0 Å². The number of ether oxygens (including phenoxy) is 1. The molecule has 2 aliphatic carbocycles. The number of nitrogens with zero attached hydrogens (tertiary/aromatic N) is 4. The molecule has 6 rings (SSSR count). The molecule has 0 unspecified atom stereocenters. The number of carbonyl (C=O) groups excluding carboxylic acids is 2. The van der Waals surface area contributed by atoms with E-state index in [0.29, 0.717) is 15.8 Å². The number of hydrogen-bond donors (Lipinski definition) is 1. The average molecular weight is 593 g/mol. The maximum absolute atomic E-state index is 13.4. The van der Waals surface area contributed by atoms with Crippen LogP contribution in [0.4, 0.5) is 0 Å². The molecular weight excluding hydrogens is 556 g/mol. The van der Waals surface area contributed by atoms with Crippen molar-refractivity contribution in [3.8, 4) is 0 Å². The van der Waals surface area contributed by atoms with Crippen LogP contribution in [-0.2, 0) is 34.5 Å². The van der Waals surface area contributed by atoms with Crippen molar-refractivity contribution in [1.82, 2.24) is 19.9 Å². The Bertz CT molecular complexity index is 1540. The van der Waals surface area contributed by atoms with E-state index < -0.39 is 11.6 Å². The van der Waals surface area contributed by atoms with Crippen molar-refractivity contribution >= 4 is 46.0 Å². The van der Waals surface area contributed by atoms with E-state index >= 15 is 0 Å². The molecule has 4 aromatic rings. The van der Waals surface area contributed by atoms with E-state index in [2.05, 4.69) is 22.3 Å². The normalized spacial score (nSPS) is 20.3. The molecule has 0 spiro atoms. The Morgan fingerprint density at radius 3 is 2.71 bits per heavy atom. The molecule has 0 aliphatic heterocycles. The molecule has 3 heterocycles. The van der Waals surface area contributed by atoms with Gasteiger partial charge in [-0.2, -0.15) is 0 Å². The van der Waals surface area contributed by atoms with E-state index in [1.807, 2.05) is 41.3 Å². The van der Waals surface area contributed by atoms with Crippen LogP contribution in [0.5, 0.6) is 0 Å². The van der Waals surface area contributed by atoms with Gasteiger partial charge in [-0.3, -0.25) is 4.79 Å². The van der Waals surface area contributed by atoms with Gasteiger partial charge in [0.05, 0.1) is 15.3 Å². The van der Waals surface area contributed by atoms with Crippen LogP contribution in [0.3, 0.4) is 0 Å². The molecule has 41 heavy (non-hydrogen) atoms. The fraction of sp³-hybridized carbons (Fsp3) is 0.484.